The van der Waals surface area contributed by atoms with Gasteiger partial charge >= 0.3 is 0 Å². The predicted molar refractivity (Wildman–Crippen MR) is 152 cm³/mol. The minimum absolute atomic E-state index is 0.0120. The fourth-order valence-electron chi connectivity index (χ4n) is 4.89. The van der Waals surface area contributed by atoms with Gasteiger partial charge in [0.05, 0.1) is 35.4 Å². The van der Waals surface area contributed by atoms with E-state index < -0.39 is 11.7 Å². The summed E-state index contributed by atoms with van der Waals surface area (Å²) >= 11 is 6.19. The zero-order valence-corrected chi connectivity index (χ0v) is 23.2. The van der Waals surface area contributed by atoms with Crippen LogP contribution < -0.4 is 10.1 Å². The van der Waals surface area contributed by atoms with Crippen molar-refractivity contribution in [3.8, 4) is 17.0 Å². The molecule has 0 fully saturated rings. The third kappa shape index (κ3) is 5.40. The van der Waals surface area contributed by atoms with Gasteiger partial charge in [0.2, 0.25) is 0 Å². The van der Waals surface area contributed by atoms with Gasteiger partial charge in [0.15, 0.2) is 5.78 Å². The lowest BCUT2D eigenvalue weighted by Crippen LogP contribution is -2.30. The molecule has 0 bridgehead atoms. The van der Waals surface area contributed by atoms with Crippen molar-refractivity contribution >= 4 is 34.7 Å². The number of anilines is 1. The summed E-state index contributed by atoms with van der Waals surface area (Å²) in [6, 6.07) is 16.6. The van der Waals surface area contributed by atoms with Crippen LogP contribution in [-0.2, 0) is 6.42 Å². The molecule has 1 aliphatic heterocycles. The number of nitrogens with one attached hydrogen (secondary N) is 1. The molecule has 40 heavy (non-hydrogen) atoms. The number of aliphatic imine (C=N–C) groups is 1. The number of ether oxygens (including phenoxy) is 1. The second kappa shape index (κ2) is 10.7. The summed E-state index contributed by atoms with van der Waals surface area (Å²) in [5, 5.41) is 6.75. The standard InChI is InChI=1S/C31H27ClFN3O4/c1-17-27(29(36-40-17)28-23(32)6-5-7-24(28)33)30(38)34-20-11-8-18(9-12-20)26(37)15-25-22-14-21(39-4)13-10-19(22)16-31(2,3)35-25/h5-14H,15-16H2,1-4H3,(H,34,38). The molecule has 7 nitrogen and oxygen atoms in total. The summed E-state index contributed by atoms with van der Waals surface area (Å²) in [5.41, 5.74) is 3.43. The van der Waals surface area contributed by atoms with E-state index in [9.17, 15) is 14.0 Å². The fourth-order valence-corrected chi connectivity index (χ4v) is 5.15. The van der Waals surface area contributed by atoms with E-state index in [1.54, 1.807) is 38.3 Å². The van der Waals surface area contributed by atoms with Gasteiger partial charge in [-0.3, -0.25) is 14.6 Å². The molecule has 1 aromatic heterocycles. The first-order chi connectivity index (χ1) is 19.1. The largest absolute Gasteiger partial charge is 0.497 e. The van der Waals surface area contributed by atoms with Crippen LogP contribution in [0.25, 0.3) is 11.3 Å². The van der Waals surface area contributed by atoms with Crippen LogP contribution in [0.4, 0.5) is 10.1 Å². The lowest BCUT2D eigenvalue weighted by atomic mass is 9.85. The fraction of sp³-hybridized carbons (Fsp3) is 0.226. The third-order valence-electron chi connectivity index (χ3n) is 6.77. The van der Waals surface area contributed by atoms with Crippen LogP contribution in [0, 0.1) is 12.7 Å². The molecular formula is C31H27ClFN3O4. The van der Waals surface area contributed by atoms with Crippen LogP contribution >= 0.6 is 11.6 Å². The number of carbonyl (C=O) groups excluding carboxylic acids is 2. The molecule has 0 spiro atoms. The molecule has 3 aromatic carbocycles. The van der Waals surface area contributed by atoms with Gasteiger partial charge in [0.25, 0.3) is 5.91 Å². The molecule has 0 atom stereocenters. The van der Waals surface area contributed by atoms with Crippen LogP contribution in [-0.4, -0.2) is 35.2 Å². The van der Waals surface area contributed by atoms with E-state index >= 15 is 0 Å². The van der Waals surface area contributed by atoms with E-state index in [4.69, 9.17) is 25.9 Å². The molecular weight excluding hydrogens is 533 g/mol. The first kappa shape index (κ1) is 27.3. The summed E-state index contributed by atoms with van der Waals surface area (Å²) in [4.78, 5) is 31.3. The Morgan fingerprint density at radius 1 is 1.12 bits per heavy atom. The molecule has 1 N–H and O–H groups in total. The molecule has 0 saturated heterocycles. The Hall–Kier alpha value is -4.30. The quantitative estimate of drug-likeness (QED) is 0.244. The number of Topliss-reactive ketones (excluding diaryl/α,β-unsaturated/α-hetero) is 1. The van der Waals surface area contributed by atoms with Gasteiger partial charge in [0.1, 0.15) is 28.6 Å². The minimum Gasteiger partial charge on any atom is -0.497 e. The van der Waals surface area contributed by atoms with Crippen molar-refractivity contribution in [1.29, 1.82) is 0 Å². The number of benzene rings is 3. The highest BCUT2D eigenvalue weighted by Gasteiger charge is 2.29. The molecule has 204 valence electrons. The van der Waals surface area contributed by atoms with Gasteiger partial charge in [-0.1, -0.05) is 28.9 Å². The number of carbonyl (C=O) groups is 2. The Morgan fingerprint density at radius 2 is 1.88 bits per heavy atom. The van der Waals surface area contributed by atoms with Crippen molar-refractivity contribution < 1.29 is 23.2 Å². The predicted octanol–water partition coefficient (Wildman–Crippen LogP) is 7.10. The Kier molecular flexibility index (Phi) is 7.29. The number of fused-ring (bicyclic) bond motifs is 1. The maximum Gasteiger partial charge on any atom is 0.261 e. The molecule has 9 heteroatoms. The first-order valence-electron chi connectivity index (χ1n) is 12.7. The number of rotatable bonds is 7. The highest BCUT2D eigenvalue weighted by atomic mass is 35.5. The van der Waals surface area contributed by atoms with Crippen molar-refractivity contribution in [2.24, 2.45) is 4.99 Å². The second-order valence-electron chi connectivity index (χ2n) is 10.3. The van der Waals surface area contributed by atoms with Crippen LogP contribution in [0.1, 0.15) is 57.9 Å². The summed E-state index contributed by atoms with van der Waals surface area (Å²) in [5.74, 6) is -0.343. The number of hydrogen-bond donors (Lipinski definition) is 1. The van der Waals surface area contributed by atoms with Gasteiger partial charge < -0.3 is 14.6 Å². The maximum absolute atomic E-state index is 14.5. The van der Waals surface area contributed by atoms with E-state index in [0.717, 1.165) is 23.3 Å². The number of aromatic nitrogens is 1. The first-order valence-corrected chi connectivity index (χ1v) is 13.1. The van der Waals surface area contributed by atoms with Crippen LogP contribution in [0.5, 0.6) is 5.75 Å². The van der Waals surface area contributed by atoms with Gasteiger partial charge in [-0.15, -0.1) is 0 Å². The Bertz CT molecular complexity index is 1640. The van der Waals surface area contributed by atoms with Crippen molar-refractivity contribution in [1.82, 2.24) is 5.16 Å². The number of aryl methyl sites for hydroxylation is 1. The van der Waals surface area contributed by atoms with E-state index in [1.165, 1.54) is 18.2 Å². The van der Waals surface area contributed by atoms with Crippen molar-refractivity contribution in [2.45, 2.75) is 39.2 Å². The zero-order valence-electron chi connectivity index (χ0n) is 22.5. The molecule has 1 aliphatic rings. The smallest absolute Gasteiger partial charge is 0.261 e. The Labute approximate surface area is 236 Å². The summed E-state index contributed by atoms with van der Waals surface area (Å²) < 4.78 is 25.1. The van der Waals surface area contributed by atoms with Crippen molar-refractivity contribution in [3.05, 3.63) is 99.5 Å². The minimum atomic E-state index is -0.621. The molecule has 0 radical (unpaired) electrons. The Morgan fingerprint density at radius 3 is 2.58 bits per heavy atom. The lowest BCUT2D eigenvalue weighted by Gasteiger charge is -2.29. The van der Waals surface area contributed by atoms with Crippen molar-refractivity contribution in [2.75, 3.05) is 12.4 Å². The lowest BCUT2D eigenvalue weighted by molar-refractivity contribution is 0.0998. The van der Waals surface area contributed by atoms with Gasteiger partial charge in [0, 0.05) is 16.8 Å². The maximum atomic E-state index is 14.5. The summed E-state index contributed by atoms with van der Waals surface area (Å²) in [6.45, 7) is 5.65. The summed E-state index contributed by atoms with van der Waals surface area (Å²) in [6.07, 6.45) is 0.900. The highest BCUT2D eigenvalue weighted by molar-refractivity contribution is 6.33. The number of methoxy groups -OCH3 is 1. The normalized spacial score (nSPS) is 13.8. The SMILES string of the molecule is COc1ccc2c(c1)C(CC(=O)c1ccc(NC(=O)c3c(-c4c(F)cccc4Cl)noc3C)cc1)=NC(C)(C)C2. The Balaban J connectivity index is 1.34. The van der Waals surface area contributed by atoms with Gasteiger partial charge in [-0.2, -0.15) is 0 Å². The van der Waals surface area contributed by atoms with Crippen molar-refractivity contribution in [3.63, 3.8) is 0 Å². The molecule has 0 aliphatic carbocycles. The number of nitrogens with zero attached hydrogens (tertiary/aromatic N) is 2. The monoisotopic (exact) mass is 559 g/mol. The van der Waals surface area contributed by atoms with E-state index in [0.29, 0.717) is 17.0 Å². The molecule has 1 amide bonds. The summed E-state index contributed by atoms with van der Waals surface area (Å²) in [7, 11) is 1.61. The molecule has 5 rings (SSSR count). The van der Waals surface area contributed by atoms with Gasteiger partial charge in [-0.25, -0.2) is 4.39 Å². The number of hydrogen-bond acceptors (Lipinski definition) is 6. The van der Waals surface area contributed by atoms with Crippen LogP contribution in [0.2, 0.25) is 5.02 Å². The average Bonchev–Trinajstić information content (AvgIpc) is 3.29. The van der Waals surface area contributed by atoms with Gasteiger partial charge in [-0.05, 0) is 81.3 Å². The average molecular weight is 560 g/mol. The number of ketones is 1. The van der Waals surface area contributed by atoms with E-state index in [1.807, 2.05) is 32.0 Å². The third-order valence-corrected chi connectivity index (χ3v) is 7.09. The molecule has 4 aromatic rings. The topological polar surface area (TPSA) is 93.8 Å². The van der Waals surface area contributed by atoms with Crippen LogP contribution in [0.3, 0.4) is 0 Å². The zero-order chi connectivity index (χ0) is 28.6. The molecule has 2 heterocycles. The van der Waals surface area contributed by atoms with E-state index in [2.05, 4.69) is 10.5 Å². The molecule has 0 unspecified atom stereocenters. The van der Waals surface area contributed by atoms with E-state index in [-0.39, 0.29) is 45.3 Å². The second-order valence-corrected chi connectivity index (χ2v) is 10.7. The number of halogens is 2. The molecule has 0 saturated carbocycles. The highest BCUT2D eigenvalue weighted by Crippen LogP contribution is 2.34. The van der Waals surface area contributed by atoms with Crippen LogP contribution in [0.15, 0.2) is 70.2 Å². The number of amides is 1.